The van der Waals surface area contributed by atoms with E-state index in [-0.39, 0.29) is 0 Å². The van der Waals surface area contributed by atoms with E-state index < -0.39 is 0 Å². The maximum Gasteiger partial charge on any atom is 0.147 e. The molecule has 2 nitrogen and oxygen atoms in total. The number of hydrogen-bond acceptors (Lipinski definition) is 6. The van der Waals surface area contributed by atoms with Gasteiger partial charge in [0.2, 0.25) is 0 Å². The second kappa shape index (κ2) is 23.3. The van der Waals surface area contributed by atoms with Gasteiger partial charge in [0.1, 0.15) is 8.64 Å². The van der Waals surface area contributed by atoms with Gasteiger partial charge < -0.3 is 9.80 Å². The molecule has 30 heavy (non-hydrogen) atoms. The van der Waals surface area contributed by atoms with Gasteiger partial charge >= 0.3 is 0 Å². The second-order valence-corrected chi connectivity index (χ2v) is 14.6. The minimum absolute atomic E-state index is 1.04. The highest BCUT2D eigenvalue weighted by molar-refractivity contribution is 9.29. The third-order valence-electron chi connectivity index (χ3n) is 4.88. The third-order valence-corrected chi connectivity index (χ3v) is 12.3. The zero-order chi connectivity index (χ0) is 22.5. The summed E-state index contributed by atoms with van der Waals surface area (Å²) in [6.07, 6.45) is 15.1. The molecule has 0 amide bonds. The first-order chi connectivity index (χ1) is 14.6. The molecule has 8 heteroatoms. The lowest BCUT2D eigenvalue weighted by atomic mass is 10.2. The van der Waals surface area contributed by atoms with Crippen molar-refractivity contribution in [3.8, 4) is 0 Å². The summed E-state index contributed by atoms with van der Waals surface area (Å²) >= 11 is 11.5. The summed E-state index contributed by atoms with van der Waals surface area (Å²) in [5.41, 5.74) is 0. The largest absolute Gasteiger partial charge is 0.357 e. The number of unbranched alkanes of at least 4 members (excludes halogenated alkanes) is 8. The lowest BCUT2D eigenvalue weighted by Gasteiger charge is -2.25. The van der Waals surface area contributed by atoms with Gasteiger partial charge in [-0.15, -0.1) is 0 Å². The monoisotopic (exact) mass is 528 g/mol. The molecule has 0 aliphatic carbocycles. The predicted octanol–water partition coefficient (Wildman–Crippen LogP) is 9.60. The Kier molecular flexibility index (Phi) is 24.3. The quantitative estimate of drug-likeness (QED) is 0.0916. The third kappa shape index (κ3) is 17.7. The molecule has 0 aliphatic heterocycles. The van der Waals surface area contributed by atoms with Gasteiger partial charge in [-0.3, -0.25) is 0 Å². The minimum atomic E-state index is 1.04. The second-order valence-electron chi connectivity index (χ2n) is 7.64. The Morgan fingerprint density at radius 2 is 0.767 bits per heavy atom. The van der Waals surface area contributed by atoms with E-state index in [2.05, 4.69) is 37.5 Å². The Labute approximate surface area is 213 Å². The Hall–Kier alpha value is 1.18. The summed E-state index contributed by atoms with van der Waals surface area (Å²) in [6.45, 7) is 13.4. The van der Waals surface area contributed by atoms with Crippen molar-refractivity contribution in [1.29, 1.82) is 0 Å². The topological polar surface area (TPSA) is 6.48 Å². The van der Waals surface area contributed by atoms with Crippen molar-refractivity contribution in [3.63, 3.8) is 0 Å². The van der Waals surface area contributed by atoms with Gasteiger partial charge in [-0.25, -0.2) is 0 Å². The van der Waals surface area contributed by atoms with Crippen LogP contribution in [0.25, 0.3) is 0 Å². The van der Waals surface area contributed by atoms with Crippen LogP contribution in [0.3, 0.4) is 0 Å². The average Bonchev–Trinajstić information content (AvgIpc) is 2.74. The zero-order valence-electron chi connectivity index (χ0n) is 19.7. The molecular formula is C22H44N2S6. The van der Waals surface area contributed by atoms with Gasteiger partial charge in [0.25, 0.3) is 0 Å². The Morgan fingerprint density at radius 1 is 0.500 bits per heavy atom. The first-order valence-corrected chi connectivity index (χ1v) is 17.5. The molecule has 0 N–H and O–H groups in total. The van der Waals surface area contributed by atoms with E-state index in [1.807, 2.05) is 0 Å². The molecule has 0 aromatic carbocycles. The summed E-state index contributed by atoms with van der Waals surface area (Å²) in [5, 5.41) is 0. The molecule has 0 aromatic heterocycles. The van der Waals surface area contributed by atoms with Crippen molar-refractivity contribution in [3.05, 3.63) is 0 Å². The molecule has 0 aromatic rings. The van der Waals surface area contributed by atoms with Crippen molar-refractivity contribution >= 4 is 74.3 Å². The van der Waals surface area contributed by atoms with Gasteiger partial charge in [-0.2, -0.15) is 0 Å². The first kappa shape index (κ1) is 31.2. The maximum atomic E-state index is 5.75. The molecular weight excluding hydrogens is 485 g/mol. The minimum Gasteiger partial charge on any atom is -0.357 e. The van der Waals surface area contributed by atoms with Crippen molar-refractivity contribution in [2.45, 2.75) is 105 Å². The van der Waals surface area contributed by atoms with E-state index in [0.29, 0.717) is 0 Å². The predicted molar refractivity (Wildman–Crippen MR) is 157 cm³/mol. The number of rotatable bonds is 19. The fourth-order valence-corrected chi connectivity index (χ4v) is 9.80. The number of hydrogen-bond donors (Lipinski definition) is 0. The van der Waals surface area contributed by atoms with Gasteiger partial charge in [-0.05, 0) is 66.9 Å². The highest BCUT2D eigenvalue weighted by Crippen LogP contribution is 2.45. The Balaban J connectivity index is 4.33. The number of thiocarbonyl (C=S) groups is 2. The van der Waals surface area contributed by atoms with Gasteiger partial charge in [0, 0.05) is 26.2 Å². The Bertz CT molecular complexity index is 364. The standard InChI is InChI=1S/C22H44N2S6/c1-5-9-13-17-23(18-14-10-6-2)21(25)27-29-30-28-22(26)24(19-15-11-7-3)20-16-12-8-4/h5-20H2,1-4H3. The van der Waals surface area contributed by atoms with Gasteiger partial charge in [0.15, 0.2) is 0 Å². The van der Waals surface area contributed by atoms with Gasteiger partial charge in [0.05, 0.1) is 0 Å². The molecule has 0 rings (SSSR count). The van der Waals surface area contributed by atoms with Crippen molar-refractivity contribution in [2.24, 2.45) is 0 Å². The smallest absolute Gasteiger partial charge is 0.147 e. The van der Waals surface area contributed by atoms with E-state index >= 15 is 0 Å². The maximum absolute atomic E-state index is 5.75. The average molecular weight is 529 g/mol. The first-order valence-electron chi connectivity index (χ1n) is 11.9. The van der Waals surface area contributed by atoms with Crippen LogP contribution in [0.2, 0.25) is 0 Å². The lowest BCUT2D eigenvalue weighted by molar-refractivity contribution is 0.402. The van der Waals surface area contributed by atoms with Crippen LogP contribution in [0.15, 0.2) is 0 Å². The van der Waals surface area contributed by atoms with Crippen molar-refractivity contribution in [1.82, 2.24) is 9.80 Å². The van der Waals surface area contributed by atoms with Crippen LogP contribution in [-0.2, 0) is 0 Å². The molecule has 0 fully saturated rings. The van der Waals surface area contributed by atoms with Crippen LogP contribution >= 0.6 is 65.7 Å². The van der Waals surface area contributed by atoms with Crippen LogP contribution in [0.1, 0.15) is 105 Å². The van der Waals surface area contributed by atoms with Crippen molar-refractivity contribution < 1.29 is 0 Å². The number of nitrogens with zero attached hydrogens (tertiary/aromatic N) is 2. The SMILES string of the molecule is CCCCCN(CCCCC)C(=S)SSSSC(=S)N(CCCCC)CCCCC. The highest BCUT2D eigenvalue weighted by atomic mass is 33.7. The van der Waals surface area contributed by atoms with Crippen LogP contribution in [0, 0.1) is 0 Å². The van der Waals surface area contributed by atoms with E-state index in [9.17, 15) is 0 Å². The summed E-state index contributed by atoms with van der Waals surface area (Å²) in [7, 11) is 7.01. The molecule has 0 radical (unpaired) electrons. The summed E-state index contributed by atoms with van der Waals surface area (Å²) in [4.78, 5) is 4.84. The van der Waals surface area contributed by atoms with E-state index in [1.54, 1.807) is 41.2 Å². The molecule has 0 bridgehead atoms. The summed E-state index contributed by atoms with van der Waals surface area (Å²) in [5.74, 6) is 0. The van der Waals surface area contributed by atoms with Crippen LogP contribution < -0.4 is 0 Å². The van der Waals surface area contributed by atoms with Gasteiger partial charge in [-0.1, -0.05) is 103 Å². The molecule has 0 unspecified atom stereocenters. The zero-order valence-corrected chi connectivity index (χ0v) is 24.6. The van der Waals surface area contributed by atoms with E-state index in [1.165, 1.54) is 77.0 Å². The van der Waals surface area contributed by atoms with Crippen LogP contribution in [0.5, 0.6) is 0 Å². The molecule has 0 heterocycles. The summed E-state index contributed by atoms with van der Waals surface area (Å²) in [6, 6.07) is 0. The van der Waals surface area contributed by atoms with Crippen LogP contribution in [0.4, 0.5) is 0 Å². The van der Waals surface area contributed by atoms with Crippen LogP contribution in [-0.4, -0.2) is 44.6 Å². The fraction of sp³-hybridized carbons (Fsp3) is 0.909. The molecule has 0 spiro atoms. The van der Waals surface area contributed by atoms with Crippen molar-refractivity contribution in [2.75, 3.05) is 26.2 Å². The molecule has 0 atom stereocenters. The van der Waals surface area contributed by atoms with E-state index in [0.717, 1.165) is 34.8 Å². The molecule has 0 saturated carbocycles. The molecule has 0 saturated heterocycles. The molecule has 0 aliphatic rings. The Morgan fingerprint density at radius 3 is 1.00 bits per heavy atom. The summed E-state index contributed by atoms with van der Waals surface area (Å²) < 4.78 is 2.07. The fourth-order valence-electron chi connectivity index (χ4n) is 2.99. The normalized spacial score (nSPS) is 10.9. The van der Waals surface area contributed by atoms with E-state index in [4.69, 9.17) is 24.4 Å². The highest BCUT2D eigenvalue weighted by Gasteiger charge is 2.13. The molecule has 178 valence electrons. The lowest BCUT2D eigenvalue weighted by Crippen LogP contribution is -2.29.